The molecule has 1 heterocycles. The number of fused-ring (bicyclic) bond motifs is 1. The van der Waals surface area contributed by atoms with Crippen LogP contribution in [0.2, 0.25) is 5.02 Å². The molecule has 0 unspecified atom stereocenters. The highest BCUT2D eigenvalue weighted by Gasteiger charge is 2.38. The summed E-state index contributed by atoms with van der Waals surface area (Å²) in [5.41, 5.74) is 7.40. The Labute approximate surface area is 159 Å². The van der Waals surface area contributed by atoms with E-state index < -0.39 is 17.8 Å². The highest BCUT2D eigenvalue weighted by Crippen LogP contribution is 2.33. The van der Waals surface area contributed by atoms with Gasteiger partial charge in [-0.05, 0) is 23.8 Å². The van der Waals surface area contributed by atoms with Gasteiger partial charge in [-0.1, -0.05) is 17.7 Å². The minimum Gasteiger partial charge on any atom is -0.506 e. The Morgan fingerprint density at radius 3 is 2.32 bits per heavy atom. The van der Waals surface area contributed by atoms with Crippen molar-refractivity contribution < 1.29 is 33.3 Å². The van der Waals surface area contributed by atoms with Gasteiger partial charge in [0.2, 0.25) is 0 Å². The summed E-state index contributed by atoms with van der Waals surface area (Å²) in [6.07, 6.45) is -5.08. The van der Waals surface area contributed by atoms with Crippen molar-refractivity contribution in [2.24, 2.45) is 5.73 Å². The Morgan fingerprint density at radius 1 is 1.18 bits per heavy atom. The molecule has 0 fully saturated rings. The van der Waals surface area contributed by atoms with E-state index in [-0.39, 0.29) is 22.2 Å². The number of nitrogens with two attached hydrogens (primary N) is 1. The average molecular weight is 420 g/mol. The second-order valence-electron chi connectivity index (χ2n) is 5.42. The third kappa shape index (κ3) is 4.38. The Hall–Kier alpha value is -3.18. The number of halogens is 4. The maximum Gasteiger partial charge on any atom is 0.490 e. The number of rotatable bonds is 2. The maximum absolute atomic E-state index is 12.1. The number of aromatic nitrogens is 2. The molecule has 0 saturated heterocycles. The topological polar surface area (TPSA) is 142 Å². The molecule has 0 spiro atoms. The lowest BCUT2D eigenvalue weighted by atomic mass is 10.2. The van der Waals surface area contributed by atoms with E-state index in [4.69, 9.17) is 27.2 Å². The van der Waals surface area contributed by atoms with Crippen LogP contribution in [0.25, 0.3) is 16.7 Å². The number of carboxylic acids is 1. The number of aliphatic carboxylic acids is 1. The Balaban J connectivity index is 0.000000345. The first-order valence-electron chi connectivity index (χ1n) is 7.41. The molecule has 3 rings (SSSR count). The Morgan fingerprint density at radius 2 is 1.79 bits per heavy atom. The van der Waals surface area contributed by atoms with Crippen LogP contribution < -0.4 is 11.4 Å². The van der Waals surface area contributed by atoms with Crippen LogP contribution in [0.3, 0.4) is 0 Å². The predicted octanol–water partition coefficient (Wildman–Crippen LogP) is 2.48. The zero-order chi connectivity index (χ0) is 21.2. The zero-order valence-electron chi connectivity index (χ0n) is 13.8. The first-order valence-corrected chi connectivity index (χ1v) is 7.79. The second kappa shape index (κ2) is 7.82. The summed E-state index contributed by atoms with van der Waals surface area (Å²) in [7, 11) is 0. The summed E-state index contributed by atoms with van der Waals surface area (Å²) < 4.78 is 33.0. The zero-order valence-corrected chi connectivity index (χ0v) is 14.5. The highest BCUT2D eigenvalue weighted by molar-refractivity contribution is 6.32. The van der Waals surface area contributed by atoms with E-state index in [1.807, 2.05) is 0 Å². The molecule has 28 heavy (non-hydrogen) atoms. The van der Waals surface area contributed by atoms with E-state index in [1.54, 1.807) is 18.2 Å². The molecule has 0 atom stereocenters. The van der Waals surface area contributed by atoms with Crippen molar-refractivity contribution in [3.8, 4) is 17.2 Å². The van der Waals surface area contributed by atoms with Gasteiger partial charge < -0.3 is 26.0 Å². The van der Waals surface area contributed by atoms with Crippen molar-refractivity contribution in [1.82, 2.24) is 9.55 Å². The van der Waals surface area contributed by atoms with Crippen LogP contribution in [0.15, 0.2) is 35.1 Å². The molecular weight excluding hydrogens is 407 g/mol. The quantitative estimate of drug-likeness (QED) is 0.432. The number of nitrogens with one attached hydrogen (secondary N) is 1. The van der Waals surface area contributed by atoms with E-state index >= 15 is 0 Å². The minimum absolute atomic E-state index is 0.0441. The molecule has 1 aromatic heterocycles. The van der Waals surface area contributed by atoms with Gasteiger partial charge in [-0.2, -0.15) is 13.2 Å². The number of carbonyl (C=O) groups is 1. The number of phenols is 2. The molecule has 0 saturated carbocycles. The number of nitrogens with zero attached hydrogens (tertiary/aromatic N) is 1. The van der Waals surface area contributed by atoms with E-state index in [0.29, 0.717) is 17.6 Å². The summed E-state index contributed by atoms with van der Waals surface area (Å²) >= 11 is 5.85. The van der Waals surface area contributed by atoms with Crippen molar-refractivity contribution in [2.45, 2.75) is 12.7 Å². The van der Waals surface area contributed by atoms with Crippen LogP contribution in [0.1, 0.15) is 5.56 Å². The molecule has 8 nitrogen and oxygen atoms in total. The van der Waals surface area contributed by atoms with Gasteiger partial charge in [0, 0.05) is 12.6 Å². The molecule has 2 aromatic carbocycles. The monoisotopic (exact) mass is 419 g/mol. The Bertz CT molecular complexity index is 1090. The fourth-order valence-electron chi connectivity index (χ4n) is 2.24. The third-order valence-corrected chi connectivity index (χ3v) is 3.81. The molecule has 150 valence electrons. The summed E-state index contributed by atoms with van der Waals surface area (Å²) in [4.78, 5) is 23.7. The molecule has 12 heteroatoms. The summed E-state index contributed by atoms with van der Waals surface area (Å²) in [6.45, 7) is 0.361. The molecule has 0 bridgehead atoms. The number of phenolic OH excluding ortho intramolecular Hbond substituents is 2. The van der Waals surface area contributed by atoms with Crippen molar-refractivity contribution >= 4 is 28.6 Å². The summed E-state index contributed by atoms with van der Waals surface area (Å²) in [5, 5.41) is 26.6. The first kappa shape index (κ1) is 21.1. The molecule has 0 aliphatic carbocycles. The van der Waals surface area contributed by atoms with Crippen LogP contribution >= 0.6 is 11.6 Å². The SMILES string of the molecule is NCc1ccc2c(c1)[nH]c(=O)n2-c1cc(Cl)c(O)cc1O.O=C(O)C(F)(F)F. The van der Waals surface area contributed by atoms with Crippen LogP contribution in [0.4, 0.5) is 13.2 Å². The van der Waals surface area contributed by atoms with Gasteiger partial charge in [0.1, 0.15) is 11.5 Å². The van der Waals surface area contributed by atoms with Crippen molar-refractivity contribution in [1.29, 1.82) is 0 Å². The van der Waals surface area contributed by atoms with Gasteiger partial charge in [-0.25, -0.2) is 9.59 Å². The average Bonchev–Trinajstić information content (AvgIpc) is 2.92. The van der Waals surface area contributed by atoms with Crippen molar-refractivity contribution in [3.63, 3.8) is 0 Å². The van der Waals surface area contributed by atoms with Crippen molar-refractivity contribution in [2.75, 3.05) is 0 Å². The number of carboxylic acid groups (broad SMARTS) is 1. The first-order chi connectivity index (χ1) is 13.0. The van der Waals surface area contributed by atoms with Gasteiger partial charge in [0.25, 0.3) is 0 Å². The number of hydrogen-bond acceptors (Lipinski definition) is 5. The molecule has 0 aliphatic rings. The van der Waals surface area contributed by atoms with Gasteiger partial charge in [0.15, 0.2) is 0 Å². The van der Waals surface area contributed by atoms with Crippen LogP contribution in [-0.4, -0.2) is 37.0 Å². The summed E-state index contributed by atoms with van der Waals surface area (Å²) in [5.74, 6) is -3.26. The minimum atomic E-state index is -5.08. The normalized spacial score (nSPS) is 11.2. The smallest absolute Gasteiger partial charge is 0.490 e. The van der Waals surface area contributed by atoms with Gasteiger partial charge >= 0.3 is 17.8 Å². The van der Waals surface area contributed by atoms with E-state index in [0.717, 1.165) is 11.6 Å². The lowest BCUT2D eigenvalue weighted by Crippen LogP contribution is -2.21. The maximum atomic E-state index is 12.1. The summed E-state index contributed by atoms with van der Waals surface area (Å²) in [6, 6.07) is 7.72. The number of imidazole rings is 1. The lowest BCUT2D eigenvalue weighted by Gasteiger charge is -2.08. The fraction of sp³-hybridized carbons (Fsp3) is 0.125. The highest BCUT2D eigenvalue weighted by atomic mass is 35.5. The molecular formula is C16H13ClF3N3O5. The largest absolute Gasteiger partial charge is 0.506 e. The third-order valence-electron chi connectivity index (χ3n) is 3.51. The van der Waals surface area contributed by atoms with E-state index in [1.165, 1.54) is 10.6 Å². The number of benzene rings is 2. The Kier molecular flexibility index (Phi) is 5.90. The number of alkyl halides is 3. The van der Waals surface area contributed by atoms with Crippen LogP contribution in [0, 0.1) is 0 Å². The number of hydrogen-bond donors (Lipinski definition) is 5. The van der Waals surface area contributed by atoms with Gasteiger partial charge in [0.05, 0.1) is 21.7 Å². The molecule has 3 aromatic rings. The lowest BCUT2D eigenvalue weighted by molar-refractivity contribution is -0.192. The van der Waals surface area contributed by atoms with E-state index in [9.17, 15) is 28.2 Å². The molecule has 0 aliphatic heterocycles. The molecule has 6 N–H and O–H groups in total. The van der Waals surface area contributed by atoms with E-state index in [2.05, 4.69) is 4.98 Å². The van der Waals surface area contributed by atoms with Crippen LogP contribution in [0.5, 0.6) is 11.5 Å². The van der Waals surface area contributed by atoms with Crippen LogP contribution in [-0.2, 0) is 11.3 Å². The molecule has 0 amide bonds. The van der Waals surface area contributed by atoms with Gasteiger partial charge in [-0.3, -0.25) is 4.57 Å². The fourth-order valence-corrected chi connectivity index (χ4v) is 2.40. The number of aromatic amines is 1. The predicted molar refractivity (Wildman–Crippen MR) is 93.8 cm³/mol. The molecule has 0 radical (unpaired) electrons. The number of aromatic hydroxyl groups is 2. The second-order valence-corrected chi connectivity index (χ2v) is 5.82. The van der Waals surface area contributed by atoms with Gasteiger partial charge in [-0.15, -0.1) is 0 Å². The standard InChI is InChI=1S/C14H12ClN3O3.C2HF3O2/c15-8-4-11(13(20)5-12(8)19)18-10-2-1-7(6-16)3-9(10)17-14(18)21;3-2(4,5)1(6)7/h1-5,19-20H,6,16H2,(H,17,21);(H,6,7). The number of H-pyrrole nitrogens is 1. The van der Waals surface area contributed by atoms with Crippen molar-refractivity contribution in [3.05, 3.63) is 51.4 Å².